The average Bonchev–Trinajstić information content (AvgIpc) is 3.00. The van der Waals surface area contributed by atoms with Crippen LogP contribution in [0.4, 0.5) is 0 Å². The first kappa shape index (κ1) is 12.9. The molecule has 0 bridgehead atoms. The Morgan fingerprint density at radius 1 is 1.29 bits per heavy atom. The molecule has 1 amide bonds. The average molecular weight is 238 g/mol. The molecule has 2 rings (SSSR count). The van der Waals surface area contributed by atoms with Crippen LogP contribution in [0.15, 0.2) is 0 Å². The van der Waals surface area contributed by atoms with Crippen LogP contribution >= 0.6 is 0 Å². The van der Waals surface area contributed by atoms with E-state index < -0.39 is 0 Å². The van der Waals surface area contributed by atoms with Gasteiger partial charge in [0.1, 0.15) is 0 Å². The highest BCUT2D eigenvalue weighted by Gasteiger charge is 2.32. The zero-order valence-corrected chi connectivity index (χ0v) is 11.2. The Labute approximate surface area is 105 Å². The number of likely N-dealkylation sites (tertiary alicyclic amines) is 1. The summed E-state index contributed by atoms with van der Waals surface area (Å²) in [4.78, 5) is 13.7. The minimum Gasteiger partial charge on any atom is -0.352 e. The normalized spacial score (nSPS) is 30.2. The van der Waals surface area contributed by atoms with Crippen molar-refractivity contribution in [2.45, 2.75) is 52.0 Å². The highest BCUT2D eigenvalue weighted by Crippen LogP contribution is 2.37. The lowest BCUT2D eigenvalue weighted by atomic mass is 9.89. The number of carbonyl (C=O) groups is 1. The number of rotatable bonds is 5. The molecule has 1 saturated heterocycles. The first-order valence-corrected chi connectivity index (χ1v) is 7.16. The second-order valence-corrected chi connectivity index (χ2v) is 5.94. The summed E-state index contributed by atoms with van der Waals surface area (Å²) in [6.07, 6.45) is 6.67. The molecule has 2 unspecified atom stereocenters. The molecule has 1 N–H and O–H groups in total. The molecule has 0 spiro atoms. The van der Waals surface area contributed by atoms with E-state index in [2.05, 4.69) is 17.1 Å². The van der Waals surface area contributed by atoms with Crippen LogP contribution in [0.2, 0.25) is 0 Å². The van der Waals surface area contributed by atoms with Gasteiger partial charge in [0, 0.05) is 26.1 Å². The van der Waals surface area contributed by atoms with Gasteiger partial charge in [-0.3, -0.25) is 4.79 Å². The van der Waals surface area contributed by atoms with Crippen LogP contribution in [0.5, 0.6) is 0 Å². The van der Waals surface area contributed by atoms with Crippen molar-refractivity contribution in [3.63, 3.8) is 0 Å². The van der Waals surface area contributed by atoms with Crippen LogP contribution in [0.1, 0.15) is 46.0 Å². The molecular formula is C14H26N2O. The molecule has 1 aliphatic carbocycles. The second kappa shape index (κ2) is 5.85. The van der Waals surface area contributed by atoms with Gasteiger partial charge < -0.3 is 10.2 Å². The molecule has 3 nitrogen and oxygen atoms in total. The van der Waals surface area contributed by atoms with Crippen molar-refractivity contribution >= 4 is 5.91 Å². The van der Waals surface area contributed by atoms with Gasteiger partial charge in [-0.15, -0.1) is 0 Å². The van der Waals surface area contributed by atoms with E-state index >= 15 is 0 Å². The molecule has 2 fully saturated rings. The van der Waals surface area contributed by atoms with Gasteiger partial charge in [-0.1, -0.05) is 19.8 Å². The van der Waals surface area contributed by atoms with Gasteiger partial charge in [-0.2, -0.15) is 0 Å². The van der Waals surface area contributed by atoms with E-state index in [1.807, 2.05) is 0 Å². The van der Waals surface area contributed by atoms with Gasteiger partial charge in [0.2, 0.25) is 5.91 Å². The summed E-state index contributed by atoms with van der Waals surface area (Å²) in [6, 6.07) is 0.386. The lowest BCUT2D eigenvalue weighted by Crippen LogP contribution is -2.50. The summed E-state index contributed by atoms with van der Waals surface area (Å²) < 4.78 is 0. The van der Waals surface area contributed by atoms with Crippen molar-refractivity contribution in [3.05, 3.63) is 0 Å². The van der Waals surface area contributed by atoms with E-state index in [-0.39, 0.29) is 5.91 Å². The molecule has 1 aliphatic heterocycles. The molecule has 0 radical (unpaired) electrons. The second-order valence-electron chi connectivity index (χ2n) is 5.94. The fraction of sp³-hybridized carbons (Fsp3) is 0.929. The first-order valence-electron chi connectivity index (χ1n) is 7.16. The maximum Gasteiger partial charge on any atom is 0.217 e. The van der Waals surface area contributed by atoms with Crippen LogP contribution in [-0.4, -0.2) is 36.5 Å². The van der Waals surface area contributed by atoms with Crippen molar-refractivity contribution in [1.82, 2.24) is 10.2 Å². The van der Waals surface area contributed by atoms with E-state index in [9.17, 15) is 4.79 Å². The number of hydrogen-bond acceptors (Lipinski definition) is 2. The van der Waals surface area contributed by atoms with E-state index in [1.54, 1.807) is 6.92 Å². The monoisotopic (exact) mass is 238 g/mol. The zero-order valence-electron chi connectivity index (χ0n) is 11.2. The fourth-order valence-electron chi connectivity index (χ4n) is 3.19. The predicted octanol–water partition coefficient (Wildman–Crippen LogP) is 2.02. The molecule has 98 valence electrons. The van der Waals surface area contributed by atoms with Crippen molar-refractivity contribution in [1.29, 1.82) is 0 Å². The van der Waals surface area contributed by atoms with Crippen molar-refractivity contribution in [3.8, 4) is 0 Å². The molecule has 3 heteroatoms. The number of nitrogens with zero attached hydrogens (tertiary/aromatic N) is 1. The Hall–Kier alpha value is -0.570. The van der Waals surface area contributed by atoms with Crippen LogP contribution in [0.25, 0.3) is 0 Å². The van der Waals surface area contributed by atoms with E-state index in [0.717, 1.165) is 18.4 Å². The lowest BCUT2D eigenvalue weighted by molar-refractivity contribution is -0.120. The third-order valence-corrected chi connectivity index (χ3v) is 3.92. The third-order valence-electron chi connectivity index (χ3n) is 3.92. The van der Waals surface area contributed by atoms with Gasteiger partial charge in [0.15, 0.2) is 0 Å². The number of carbonyl (C=O) groups excluding carboxylic acids is 1. The van der Waals surface area contributed by atoms with Gasteiger partial charge in [-0.25, -0.2) is 0 Å². The van der Waals surface area contributed by atoms with Gasteiger partial charge in [0.05, 0.1) is 0 Å². The number of piperidine rings is 1. The van der Waals surface area contributed by atoms with E-state index in [1.165, 1.54) is 45.2 Å². The number of hydrogen-bond donors (Lipinski definition) is 1. The summed E-state index contributed by atoms with van der Waals surface area (Å²) in [5, 5.41) is 3.11. The Morgan fingerprint density at radius 2 is 2.06 bits per heavy atom. The molecular weight excluding hydrogens is 212 g/mol. The van der Waals surface area contributed by atoms with Crippen LogP contribution in [0, 0.1) is 11.8 Å². The molecule has 0 aromatic rings. The smallest absolute Gasteiger partial charge is 0.217 e. The number of amides is 1. The quantitative estimate of drug-likeness (QED) is 0.795. The van der Waals surface area contributed by atoms with Crippen molar-refractivity contribution in [2.75, 3.05) is 19.6 Å². The van der Waals surface area contributed by atoms with Crippen molar-refractivity contribution in [2.24, 2.45) is 11.8 Å². The van der Waals surface area contributed by atoms with Gasteiger partial charge >= 0.3 is 0 Å². The summed E-state index contributed by atoms with van der Waals surface area (Å²) in [5.41, 5.74) is 0. The SMILES string of the molecule is CCCN1CC(CC2CC2)CC(NC(C)=O)C1. The maximum atomic E-state index is 11.2. The predicted molar refractivity (Wildman–Crippen MR) is 69.8 cm³/mol. The van der Waals surface area contributed by atoms with Gasteiger partial charge in [-0.05, 0) is 37.6 Å². The standard InChI is InChI=1S/C14H26N2O/c1-3-6-16-9-13(7-12-4-5-12)8-14(10-16)15-11(2)17/h12-14H,3-10H2,1-2H3,(H,15,17). The Morgan fingerprint density at radius 3 is 2.65 bits per heavy atom. The first-order chi connectivity index (χ1) is 8.17. The van der Waals surface area contributed by atoms with E-state index in [4.69, 9.17) is 0 Å². The maximum absolute atomic E-state index is 11.2. The van der Waals surface area contributed by atoms with Crippen LogP contribution < -0.4 is 5.32 Å². The molecule has 1 heterocycles. The minimum absolute atomic E-state index is 0.124. The topological polar surface area (TPSA) is 32.3 Å². The van der Waals surface area contributed by atoms with E-state index in [0.29, 0.717) is 6.04 Å². The van der Waals surface area contributed by atoms with Crippen LogP contribution in [-0.2, 0) is 4.79 Å². The highest BCUT2D eigenvalue weighted by molar-refractivity contribution is 5.73. The molecule has 17 heavy (non-hydrogen) atoms. The lowest BCUT2D eigenvalue weighted by Gasteiger charge is -2.38. The molecule has 2 aliphatic rings. The molecule has 0 aromatic carbocycles. The third kappa shape index (κ3) is 4.30. The Bertz CT molecular complexity index is 263. The highest BCUT2D eigenvalue weighted by atomic mass is 16.1. The molecule has 2 atom stereocenters. The zero-order chi connectivity index (χ0) is 12.3. The molecule has 0 aromatic heterocycles. The minimum atomic E-state index is 0.124. The Balaban J connectivity index is 1.85. The van der Waals surface area contributed by atoms with Crippen molar-refractivity contribution < 1.29 is 4.79 Å². The van der Waals surface area contributed by atoms with Gasteiger partial charge in [0.25, 0.3) is 0 Å². The fourth-order valence-corrected chi connectivity index (χ4v) is 3.19. The largest absolute Gasteiger partial charge is 0.352 e. The summed E-state index contributed by atoms with van der Waals surface area (Å²) >= 11 is 0. The number of nitrogens with one attached hydrogen (secondary N) is 1. The van der Waals surface area contributed by atoms with Crippen LogP contribution in [0.3, 0.4) is 0 Å². The summed E-state index contributed by atoms with van der Waals surface area (Å²) in [7, 11) is 0. The Kier molecular flexibility index (Phi) is 4.43. The summed E-state index contributed by atoms with van der Waals surface area (Å²) in [6.45, 7) is 7.35. The summed E-state index contributed by atoms with van der Waals surface area (Å²) in [5.74, 6) is 1.93. The molecule has 1 saturated carbocycles.